The minimum Gasteiger partial charge on any atom is -0.301 e. The van der Waals surface area contributed by atoms with E-state index in [1.807, 2.05) is 0 Å². The van der Waals surface area contributed by atoms with Gasteiger partial charge in [0.05, 0.1) is 0 Å². The number of hydrogen-bond donors (Lipinski definition) is 0. The van der Waals surface area contributed by atoms with Crippen molar-refractivity contribution in [1.82, 2.24) is 4.90 Å². The van der Waals surface area contributed by atoms with Gasteiger partial charge in [0, 0.05) is 14.7 Å². The molecule has 1 fully saturated rings. The van der Waals surface area contributed by atoms with Gasteiger partial charge in [-0.25, -0.2) is 0 Å². The summed E-state index contributed by atoms with van der Waals surface area (Å²) in [6.45, 7) is 9.65. The van der Waals surface area contributed by atoms with Crippen LogP contribution in [-0.2, 0) is 0 Å². The number of rotatable bonds is 6. The van der Waals surface area contributed by atoms with Gasteiger partial charge in [-0.1, -0.05) is 33.2 Å². The summed E-state index contributed by atoms with van der Waals surface area (Å²) in [5, 5.41) is 0.754. The molecule has 13 heavy (non-hydrogen) atoms. The molecule has 0 spiro atoms. The van der Waals surface area contributed by atoms with E-state index < -0.39 is 0 Å². The quantitative estimate of drug-likeness (QED) is 0.593. The van der Waals surface area contributed by atoms with Crippen molar-refractivity contribution < 1.29 is 0 Å². The van der Waals surface area contributed by atoms with Gasteiger partial charge in [0.2, 0.25) is 0 Å². The standard InChI is InChI=1S/C11H25NSi/c1-4-7-9-12(6-3)11(5-2)8-10-13-11/h4-10,13H2,1-3H3. The number of nitrogens with zero attached hydrogens (tertiary/aromatic N) is 1. The molecule has 1 aliphatic heterocycles. The van der Waals surface area contributed by atoms with E-state index in [1.54, 1.807) is 6.04 Å². The fourth-order valence-electron chi connectivity index (χ4n) is 2.56. The van der Waals surface area contributed by atoms with Crippen LogP contribution >= 0.6 is 0 Å². The number of unbranched alkanes of at least 4 members (excludes halogenated alkanes) is 1. The van der Waals surface area contributed by atoms with Crippen LogP contribution in [0.2, 0.25) is 6.04 Å². The Bertz CT molecular complexity index is 138. The highest BCUT2D eigenvalue weighted by Crippen LogP contribution is 2.34. The zero-order valence-electron chi connectivity index (χ0n) is 9.60. The lowest BCUT2D eigenvalue weighted by molar-refractivity contribution is 0.135. The van der Waals surface area contributed by atoms with Gasteiger partial charge in [0.15, 0.2) is 0 Å². The molecule has 0 aromatic carbocycles. The van der Waals surface area contributed by atoms with Crippen molar-refractivity contribution in [3.8, 4) is 0 Å². The molecule has 1 atom stereocenters. The smallest absolute Gasteiger partial charge is 0.0447 e. The third-order valence-electron chi connectivity index (χ3n) is 3.78. The van der Waals surface area contributed by atoms with Crippen LogP contribution in [0.25, 0.3) is 0 Å². The first kappa shape index (κ1) is 11.3. The first-order valence-corrected chi connectivity index (χ1v) is 7.75. The minimum absolute atomic E-state index is 0.252. The Labute approximate surface area is 85.7 Å². The molecule has 0 aliphatic carbocycles. The molecule has 0 amide bonds. The van der Waals surface area contributed by atoms with Crippen molar-refractivity contribution in [2.45, 2.75) is 57.7 Å². The molecule has 0 saturated carbocycles. The molecular weight excluding hydrogens is 174 g/mol. The second-order valence-corrected chi connectivity index (χ2v) is 6.89. The minimum atomic E-state index is 0.252. The molecule has 0 aromatic rings. The average molecular weight is 199 g/mol. The topological polar surface area (TPSA) is 3.24 Å². The second-order valence-electron chi connectivity index (χ2n) is 4.36. The van der Waals surface area contributed by atoms with Crippen LogP contribution in [0, 0.1) is 0 Å². The van der Waals surface area contributed by atoms with Crippen LogP contribution in [0.5, 0.6) is 0 Å². The van der Waals surface area contributed by atoms with Crippen LogP contribution in [0.1, 0.15) is 46.5 Å². The summed E-state index contributed by atoms with van der Waals surface area (Å²) in [6.07, 6.45) is 5.66. The van der Waals surface area contributed by atoms with Gasteiger partial charge >= 0.3 is 0 Å². The maximum absolute atomic E-state index is 2.78. The van der Waals surface area contributed by atoms with E-state index in [2.05, 4.69) is 25.7 Å². The molecule has 1 aliphatic rings. The van der Waals surface area contributed by atoms with Gasteiger partial charge in [0.25, 0.3) is 0 Å². The lowest BCUT2D eigenvalue weighted by Gasteiger charge is -2.50. The molecule has 1 rings (SSSR count). The van der Waals surface area contributed by atoms with Crippen molar-refractivity contribution in [1.29, 1.82) is 0 Å². The van der Waals surface area contributed by atoms with Gasteiger partial charge in [0.1, 0.15) is 0 Å². The molecule has 78 valence electrons. The van der Waals surface area contributed by atoms with E-state index in [9.17, 15) is 0 Å². The lowest BCUT2D eigenvalue weighted by atomic mass is 10.1. The van der Waals surface area contributed by atoms with Crippen LogP contribution < -0.4 is 0 Å². The molecule has 0 N–H and O–H groups in total. The van der Waals surface area contributed by atoms with Crippen molar-refractivity contribution in [3.63, 3.8) is 0 Å². The highest BCUT2D eigenvalue weighted by atomic mass is 28.2. The predicted molar refractivity (Wildman–Crippen MR) is 63.1 cm³/mol. The average Bonchev–Trinajstić information content (AvgIpc) is 2.09. The van der Waals surface area contributed by atoms with Crippen molar-refractivity contribution in [2.75, 3.05) is 13.1 Å². The molecule has 2 heteroatoms. The van der Waals surface area contributed by atoms with Gasteiger partial charge in [-0.05, 0) is 32.4 Å². The SMILES string of the molecule is CCCCN(CC)C1(CC)CC[SiH2]1. The summed E-state index contributed by atoms with van der Waals surface area (Å²) in [6, 6.07) is 1.59. The van der Waals surface area contributed by atoms with Gasteiger partial charge in [-0.15, -0.1) is 0 Å². The van der Waals surface area contributed by atoms with E-state index in [0.717, 1.165) is 5.16 Å². The molecule has 1 heterocycles. The van der Waals surface area contributed by atoms with E-state index in [4.69, 9.17) is 0 Å². The Morgan fingerprint density at radius 1 is 1.31 bits per heavy atom. The molecular formula is C11H25NSi. The van der Waals surface area contributed by atoms with E-state index in [1.165, 1.54) is 38.8 Å². The van der Waals surface area contributed by atoms with Gasteiger partial charge in [-0.3, -0.25) is 0 Å². The first-order valence-electron chi connectivity index (χ1n) is 6.04. The fourth-order valence-corrected chi connectivity index (χ4v) is 4.78. The summed E-state index contributed by atoms with van der Waals surface area (Å²) in [7, 11) is 0.252. The third-order valence-corrected chi connectivity index (χ3v) is 6.72. The monoisotopic (exact) mass is 199 g/mol. The van der Waals surface area contributed by atoms with Gasteiger partial charge < -0.3 is 4.90 Å². The Morgan fingerprint density at radius 2 is 2.00 bits per heavy atom. The van der Waals surface area contributed by atoms with Crippen molar-refractivity contribution in [2.24, 2.45) is 0 Å². The highest BCUT2D eigenvalue weighted by Gasteiger charge is 2.39. The predicted octanol–water partition coefficient (Wildman–Crippen LogP) is 2.21. The van der Waals surface area contributed by atoms with E-state index in [0.29, 0.717) is 0 Å². The van der Waals surface area contributed by atoms with Crippen molar-refractivity contribution >= 4 is 9.52 Å². The normalized spacial score (nSPS) is 29.5. The van der Waals surface area contributed by atoms with E-state index >= 15 is 0 Å². The van der Waals surface area contributed by atoms with Crippen LogP contribution in [0.4, 0.5) is 0 Å². The molecule has 0 bridgehead atoms. The van der Waals surface area contributed by atoms with Crippen LogP contribution in [-0.4, -0.2) is 32.7 Å². The summed E-state index contributed by atoms with van der Waals surface area (Å²) in [5.41, 5.74) is 0. The Hall–Kier alpha value is 0.177. The lowest BCUT2D eigenvalue weighted by Crippen LogP contribution is -2.58. The Morgan fingerprint density at radius 3 is 2.31 bits per heavy atom. The molecule has 1 unspecified atom stereocenters. The van der Waals surface area contributed by atoms with Crippen LogP contribution in [0.3, 0.4) is 0 Å². The second kappa shape index (κ2) is 5.16. The van der Waals surface area contributed by atoms with Crippen LogP contribution in [0.15, 0.2) is 0 Å². The van der Waals surface area contributed by atoms with Crippen molar-refractivity contribution in [3.05, 3.63) is 0 Å². The Kier molecular flexibility index (Phi) is 4.46. The van der Waals surface area contributed by atoms with Gasteiger partial charge in [-0.2, -0.15) is 0 Å². The summed E-state index contributed by atoms with van der Waals surface area (Å²) in [4.78, 5) is 2.78. The number of hydrogen-bond acceptors (Lipinski definition) is 1. The molecule has 0 radical (unpaired) electrons. The Balaban J connectivity index is 2.43. The maximum Gasteiger partial charge on any atom is 0.0447 e. The highest BCUT2D eigenvalue weighted by molar-refractivity contribution is 6.44. The summed E-state index contributed by atoms with van der Waals surface area (Å²) in [5.74, 6) is 0. The fraction of sp³-hybridized carbons (Fsp3) is 1.00. The molecule has 1 saturated heterocycles. The summed E-state index contributed by atoms with van der Waals surface area (Å²) < 4.78 is 0. The largest absolute Gasteiger partial charge is 0.301 e. The first-order chi connectivity index (χ1) is 6.29. The zero-order valence-corrected chi connectivity index (χ0v) is 11.0. The molecule has 0 aromatic heterocycles. The summed E-state index contributed by atoms with van der Waals surface area (Å²) >= 11 is 0. The zero-order chi connectivity index (χ0) is 9.73. The third kappa shape index (κ3) is 2.35. The maximum atomic E-state index is 2.78. The molecule has 1 nitrogen and oxygen atoms in total. The van der Waals surface area contributed by atoms with E-state index in [-0.39, 0.29) is 9.52 Å².